The molecule has 0 saturated carbocycles. The van der Waals surface area contributed by atoms with Gasteiger partial charge in [-0.1, -0.05) is 6.92 Å². The van der Waals surface area contributed by atoms with Crippen molar-refractivity contribution in [2.45, 2.75) is 32.2 Å². The van der Waals surface area contributed by atoms with Crippen LogP contribution in [0.5, 0.6) is 11.5 Å². The Morgan fingerprint density at radius 3 is 2.75 bits per heavy atom. The molecule has 0 bridgehead atoms. The average molecular weight is 277 g/mol. The van der Waals surface area contributed by atoms with Gasteiger partial charge in [0.05, 0.1) is 32.5 Å². The summed E-state index contributed by atoms with van der Waals surface area (Å²) in [6.45, 7) is 6.15. The molecule has 4 heteroatoms. The highest BCUT2D eigenvalue weighted by Gasteiger charge is 2.22. The second kappa shape index (κ2) is 6.46. The molecule has 1 unspecified atom stereocenters. The summed E-state index contributed by atoms with van der Waals surface area (Å²) in [5, 5.41) is 3.57. The highest BCUT2D eigenvalue weighted by atomic mass is 16.5. The zero-order valence-electron chi connectivity index (χ0n) is 12.1. The van der Waals surface area contributed by atoms with E-state index in [1.807, 2.05) is 0 Å². The molecular formula is C16H23NO3. The normalized spacial score (nSPS) is 21.8. The smallest absolute Gasteiger partial charge is 0.161 e. The van der Waals surface area contributed by atoms with Gasteiger partial charge in [-0.2, -0.15) is 0 Å². The minimum Gasteiger partial charge on any atom is -0.490 e. The molecule has 1 N–H and O–H groups in total. The summed E-state index contributed by atoms with van der Waals surface area (Å²) in [4.78, 5) is 0. The van der Waals surface area contributed by atoms with E-state index in [0.717, 1.165) is 63.7 Å². The van der Waals surface area contributed by atoms with Crippen molar-refractivity contribution in [2.75, 3.05) is 33.0 Å². The molecule has 2 aliphatic heterocycles. The fraction of sp³-hybridized carbons (Fsp3) is 0.625. The molecule has 0 aromatic heterocycles. The summed E-state index contributed by atoms with van der Waals surface area (Å²) < 4.78 is 17.3. The molecule has 4 nitrogen and oxygen atoms in total. The van der Waals surface area contributed by atoms with E-state index in [1.54, 1.807) is 0 Å². The Kier molecular flexibility index (Phi) is 4.43. The highest BCUT2D eigenvalue weighted by molar-refractivity contribution is 5.49. The van der Waals surface area contributed by atoms with Crippen molar-refractivity contribution in [2.24, 2.45) is 0 Å². The zero-order chi connectivity index (χ0) is 13.8. The monoisotopic (exact) mass is 277 g/mol. The van der Waals surface area contributed by atoms with Crippen molar-refractivity contribution in [3.63, 3.8) is 0 Å². The Labute approximate surface area is 120 Å². The quantitative estimate of drug-likeness (QED) is 0.921. The van der Waals surface area contributed by atoms with Gasteiger partial charge in [0.25, 0.3) is 0 Å². The molecule has 0 fully saturated rings. The van der Waals surface area contributed by atoms with Gasteiger partial charge in [0.15, 0.2) is 11.5 Å². The molecule has 1 aromatic rings. The molecule has 0 amide bonds. The maximum Gasteiger partial charge on any atom is 0.161 e. The highest BCUT2D eigenvalue weighted by Crippen LogP contribution is 2.36. The zero-order valence-corrected chi connectivity index (χ0v) is 12.1. The standard InChI is InChI=1S/C16H23NO3/c1-2-5-17-14-11-18-8-4-12-9-15-16(10-13(12)14)20-7-3-6-19-15/h9-10,14,17H,2-8,11H2,1H3. The van der Waals surface area contributed by atoms with Crippen molar-refractivity contribution in [3.8, 4) is 11.5 Å². The van der Waals surface area contributed by atoms with Crippen LogP contribution in [0.25, 0.3) is 0 Å². The van der Waals surface area contributed by atoms with Gasteiger partial charge >= 0.3 is 0 Å². The first-order chi connectivity index (χ1) is 9.88. The van der Waals surface area contributed by atoms with Crippen LogP contribution in [0.15, 0.2) is 12.1 Å². The lowest BCUT2D eigenvalue weighted by atomic mass is 9.98. The van der Waals surface area contributed by atoms with Gasteiger partial charge in [0.1, 0.15) is 0 Å². The lowest BCUT2D eigenvalue weighted by Gasteiger charge is -2.20. The second-order valence-electron chi connectivity index (χ2n) is 5.38. The van der Waals surface area contributed by atoms with Crippen LogP contribution in [0.4, 0.5) is 0 Å². The van der Waals surface area contributed by atoms with Gasteiger partial charge in [-0.25, -0.2) is 0 Å². The summed E-state index contributed by atoms with van der Waals surface area (Å²) >= 11 is 0. The van der Waals surface area contributed by atoms with E-state index in [1.165, 1.54) is 11.1 Å². The van der Waals surface area contributed by atoms with E-state index < -0.39 is 0 Å². The van der Waals surface area contributed by atoms with Crippen LogP contribution in [-0.2, 0) is 11.2 Å². The number of ether oxygens (including phenoxy) is 3. The predicted octanol–water partition coefficient (Wildman–Crippen LogP) is 2.46. The summed E-state index contributed by atoms with van der Waals surface area (Å²) in [7, 11) is 0. The van der Waals surface area contributed by atoms with E-state index in [-0.39, 0.29) is 6.04 Å². The lowest BCUT2D eigenvalue weighted by Crippen LogP contribution is -2.26. The second-order valence-corrected chi connectivity index (χ2v) is 5.38. The van der Waals surface area contributed by atoms with E-state index in [4.69, 9.17) is 14.2 Å². The van der Waals surface area contributed by atoms with Gasteiger partial charge in [0.2, 0.25) is 0 Å². The number of nitrogens with one attached hydrogen (secondary N) is 1. The van der Waals surface area contributed by atoms with Crippen molar-refractivity contribution in [1.82, 2.24) is 5.32 Å². The molecule has 110 valence electrons. The molecule has 3 rings (SSSR count). The van der Waals surface area contributed by atoms with Crippen LogP contribution in [0.1, 0.15) is 36.9 Å². The molecule has 1 atom stereocenters. The number of rotatable bonds is 3. The van der Waals surface area contributed by atoms with Crippen LogP contribution in [-0.4, -0.2) is 33.0 Å². The molecule has 0 saturated heterocycles. The summed E-state index contributed by atoms with van der Waals surface area (Å²) in [6, 6.07) is 4.55. The van der Waals surface area contributed by atoms with E-state index in [9.17, 15) is 0 Å². The fourth-order valence-electron chi connectivity index (χ4n) is 2.77. The molecule has 0 radical (unpaired) electrons. The summed E-state index contributed by atoms with van der Waals surface area (Å²) in [5.74, 6) is 1.77. The van der Waals surface area contributed by atoms with E-state index >= 15 is 0 Å². The van der Waals surface area contributed by atoms with Crippen molar-refractivity contribution in [1.29, 1.82) is 0 Å². The minimum atomic E-state index is 0.254. The summed E-state index contributed by atoms with van der Waals surface area (Å²) in [5.41, 5.74) is 2.63. The number of benzene rings is 1. The van der Waals surface area contributed by atoms with Crippen molar-refractivity contribution >= 4 is 0 Å². The van der Waals surface area contributed by atoms with Gasteiger partial charge in [-0.3, -0.25) is 0 Å². The Bertz CT molecular complexity index is 461. The Morgan fingerprint density at radius 1 is 1.15 bits per heavy atom. The first-order valence-corrected chi connectivity index (χ1v) is 7.62. The third-order valence-electron chi connectivity index (χ3n) is 3.83. The van der Waals surface area contributed by atoms with Crippen LogP contribution in [0.2, 0.25) is 0 Å². The molecule has 1 aromatic carbocycles. The lowest BCUT2D eigenvalue weighted by molar-refractivity contribution is 0.121. The number of hydrogen-bond donors (Lipinski definition) is 1. The maximum absolute atomic E-state index is 5.81. The van der Waals surface area contributed by atoms with Crippen molar-refractivity contribution < 1.29 is 14.2 Å². The SMILES string of the molecule is CCCNC1COCCc2cc3c(cc21)OCCCO3. The number of hydrogen-bond acceptors (Lipinski definition) is 4. The fourth-order valence-corrected chi connectivity index (χ4v) is 2.77. The molecule has 0 spiro atoms. The third-order valence-corrected chi connectivity index (χ3v) is 3.83. The van der Waals surface area contributed by atoms with E-state index in [2.05, 4.69) is 24.4 Å². The minimum absolute atomic E-state index is 0.254. The van der Waals surface area contributed by atoms with Crippen molar-refractivity contribution in [3.05, 3.63) is 23.3 Å². The largest absolute Gasteiger partial charge is 0.490 e. The first-order valence-electron chi connectivity index (χ1n) is 7.62. The molecule has 2 aliphatic rings. The Hall–Kier alpha value is -1.26. The third kappa shape index (κ3) is 2.91. The van der Waals surface area contributed by atoms with Crippen LogP contribution < -0.4 is 14.8 Å². The molecule has 0 aliphatic carbocycles. The predicted molar refractivity (Wildman–Crippen MR) is 77.6 cm³/mol. The van der Waals surface area contributed by atoms with Gasteiger partial charge < -0.3 is 19.5 Å². The maximum atomic E-state index is 5.81. The number of fused-ring (bicyclic) bond motifs is 2. The average Bonchev–Trinajstić information content (AvgIpc) is 2.80. The van der Waals surface area contributed by atoms with Crippen LogP contribution in [0, 0.1) is 0 Å². The molecule has 2 heterocycles. The topological polar surface area (TPSA) is 39.7 Å². The Balaban J connectivity index is 1.93. The summed E-state index contributed by atoms with van der Waals surface area (Å²) in [6.07, 6.45) is 3.01. The van der Waals surface area contributed by atoms with Gasteiger partial charge in [-0.15, -0.1) is 0 Å². The van der Waals surface area contributed by atoms with Gasteiger partial charge in [0, 0.05) is 6.42 Å². The van der Waals surface area contributed by atoms with Crippen LogP contribution in [0.3, 0.4) is 0 Å². The molecule has 20 heavy (non-hydrogen) atoms. The van der Waals surface area contributed by atoms with Crippen LogP contribution >= 0.6 is 0 Å². The van der Waals surface area contributed by atoms with Gasteiger partial charge in [-0.05, 0) is 42.6 Å². The molecular weight excluding hydrogens is 254 g/mol. The first kappa shape index (κ1) is 13.7. The van der Waals surface area contributed by atoms with E-state index in [0.29, 0.717) is 0 Å². The Morgan fingerprint density at radius 2 is 1.95 bits per heavy atom.